The Morgan fingerprint density at radius 1 is 0.545 bits per heavy atom. The van der Waals surface area contributed by atoms with Gasteiger partial charge in [0.25, 0.3) is 0 Å². The molecule has 1 heterocycles. The monoisotopic (exact) mass is 566 g/mol. The van der Waals surface area contributed by atoms with Crippen molar-refractivity contribution >= 4 is 21.8 Å². The quantitative estimate of drug-likeness (QED) is 0.208. The van der Waals surface area contributed by atoms with Gasteiger partial charge < -0.3 is 0 Å². The van der Waals surface area contributed by atoms with Gasteiger partial charge in [0, 0.05) is 11.1 Å². The molecule has 0 aliphatic heterocycles. The SMILES string of the molecule is Cc1nc2ccccc2n1-c1ccc(-c2ccc3c(c2)C2(CCCCC2)c2cc(-c4ccc5ccccc5c4)ccc2-3)cc1. The summed E-state index contributed by atoms with van der Waals surface area (Å²) in [6, 6.07) is 47.5. The molecule has 6 aromatic carbocycles. The molecule has 0 bridgehead atoms. The van der Waals surface area contributed by atoms with Crippen LogP contribution in [0.4, 0.5) is 0 Å². The van der Waals surface area contributed by atoms with Crippen molar-refractivity contribution in [2.45, 2.75) is 44.4 Å². The van der Waals surface area contributed by atoms with Crippen LogP contribution in [0, 0.1) is 6.92 Å². The first-order chi connectivity index (χ1) is 21.7. The number of aryl methyl sites for hydroxylation is 1. The molecule has 44 heavy (non-hydrogen) atoms. The van der Waals surface area contributed by atoms with Crippen molar-refractivity contribution in [1.29, 1.82) is 0 Å². The largest absolute Gasteiger partial charge is 0.297 e. The molecule has 2 nitrogen and oxygen atoms in total. The van der Waals surface area contributed by atoms with Crippen molar-refractivity contribution in [2.24, 2.45) is 0 Å². The van der Waals surface area contributed by atoms with E-state index in [0.717, 1.165) is 22.5 Å². The summed E-state index contributed by atoms with van der Waals surface area (Å²) in [6.45, 7) is 2.08. The van der Waals surface area contributed by atoms with Crippen LogP contribution in [0.15, 0.2) is 127 Å². The molecule has 212 valence electrons. The zero-order valence-electron chi connectivity index (χ0n) is 25.1. The van der Waals surface area contributed by atoms with Crippen LogP contribution in [-0.4, -0.2) is 9.55 Å². The summed E-state index contributed by atoms with van der Waals surface area (Å²) in [4.78, 5) is 4.78. The fraction of sp³-hybridized carbons (Fsp3) is 0.167. The predicted octanol–water partition coefficient (Wildman–Crippen LogP) is 11.1. The van der Waals surface area contributed by atoms with E-state index in [4.69, 9.17) is 4.98 Å². The average Bonchev–Trinajstić information content (AvgIpc) is 3.55. The molecule has 0 saturated heterocycles. The Hall–Kier alpha value is -4.95. The number of benzene rings is 6. The number of para-hydroxylation sites is 2. The van der Waals surface area contributed by atoms with E-state index >= 15 is 0 Å². The third-order valence-corrected chi connectivity index (χ3v) is 10.3. The van der Waals surface area contributed by atoms with E-state index in [9.17, 15) is 0 Å². The normalized spacial score (nSPS) is 15.1. The topological polar surface area (TPSA) is 17.8 Å². The second-order valence-electron chi connectivity index (χ2n) is 12.8. The van der Waals surface area contributed by atoms with Gasteiger partial charge in [-0.05, 0) is 118 Å². The molecule has 1 fully saturated rings. The molecule has 1 spiro atoms. The smallest absolute Gasteiger partial charge is 0.111 e. The lowest BCUT2D eigenvalue weighted by atomic mass is 9.67. The minimum atomic E-state index is 0.0958. The standard InChI is InChI=1S/C42H34N2/c1-28-43-40-11-5-6-12-41(40)44(28)35-19-15-30(16-20-35)33-17-21-36-37-22-18-34(32-14-13-29-9-3-4-10-31(29)25-32)27-39(37)42(38(36)26-33)23-7-2-8-24-42/h3-6,9-22,25-27H,2,7-8,23-24H2,1H3. The van der Waals surface area contributed by atoms with E-state index in [-0.39, 0.29) is 5.41 Å². The van der Waals surface area contributed by atoms with Crippen LogP contribution in [0.3, 0.4) is 0 Å². The number of hydrogen-bond donors (Lipinski definition) is 0. The molecule has 2 aliphatic rings. The molecule has 7 aromatic rings. The van der Waals surface area contributed by atoms with E-state index in [2.05, 4.69) is 139 Å². The molecule has 2 aliphatic carbocycles. The van der Waals surface area contributed by atoms with Gasteiger partial charge in [0.15, 0.2) is 0 Å². The van der Waals surface area contributed by atoms with Crippen molar-refractivity contribution in [2.75, 3.05) is 0 Å². The second kappa shape index (κ2) is 9.79. The maximum atomic E-state index is 4.78. The molecular weight excluding hydrogens is 532 g/mol. The maximum absolute atomic E-state index is 4.78. The van der Waals surface area contributed by atoms with Gasteiger partial charge in [-0.3, -0.25) is 4.57 Å². The second-order valence-corrected chi connectivity index (χ2v) is 12.8. The predicted molar refractivity (Wildman–Crippen MR) is 183 cm³/mol. The van der Waals surface area contributed by atoms with E-state index < -0.39 is 0 Å². The fourth-order valence-corrected chi connectivity index (χ4v) is 8.19. The lowest BCUT2D eigenvalue weighted by molar-refractivity contribution is 0.353. The average molecular weight is 567 g/mol. The van der Waals surface area contributed by atoms with Gasteiger partial charge in [0.05, 0.1) is 11.0 Å². The number of hydrogen-bond acceptors (Lipinski definition) is 1. The summed E-state index contributed by atoms with van der Waals surface area (Å²) in [6.07, 6.45) is 6.36. The van der Waals surface area contributed by atoms with Crippen LogP contribution in [0.2, 0.25) is 0 Å². The number of rotatable bonds is 3. The van der Waals surface area contributed by atoms with Crippen LogP contribution in [0.5, 0.6) is 0 Å². The van der Waals surface area contributed by atoms with Crippen molar-refractivity contribution in [3.05, 3.63) is 144 Å². The van der Waals surface area contributed by atoms with Crippen LogP contribution in [0.25, 0.3) is 60.9 Å². The summed E-state index contributed by atoms with van der Waals surface area (Å²) in [5, 5.41) is 2.59. The molecule has 9 rings (SSSR count). The van der Waals surface area contributed by atoms with Gasteiger partial charge in [-0.1, -0.05) is 104 Å². The molecule has 0 N–H and O–H groups in total. The first-order valence-corrected chi connectivity index (χ1v) is 16.0. The summed E-state index contributed by atoms with van der Waals surface area (Å²) in [7, 11) is 0. The van der Waals surface area contributed by atoms with Gasteiger partial charge in [0.2, 0.25) is 0 Å². The highest BCUT2D eigenvalue weighted by atomic mass is 15.1. The number of fused-ring (bicyclic) bond motifs is 7. The number of imidazole rings is 1. The third-order valence-electron chi connectivity index (χ3n) is 10.3. The molecular formula is C42H34N2. The minimum absolute atomic E-state index is 0.0958. The van der Waals surface area contributed by atoms with Crippen LogP contribution in [0.1, 0.15) is 49.1 Å². The maximum Gasteiger partial charge on any atom is 0.111 e. The highest BCUT2D eigenvalue weighted by Gasteiger charge is 2.44. The van der Waals surface area contributed by atoms with Crippen molar-refractivity contribution in [1.82, 2.24) is 9.55 Å². The third kappa shape index (κ3) is 3.84. The number of nitrogens with zero attached hydrogens (tertiary/aromatic N) is 2. The fourth-order valence-electron chi connectivity index (χ4n) is 8.19. The van der Waals surface area contributed by atoms with E-state index in [1.54, 1.807) is 0 Å². The first kappa shape index (κ1) is 25.5. The van der Waals surface area contributed by atoms with E-state index in [1.165, 1.54) is 87.4 Å². The molecule has 0 radical (unpaired) electrons. The van der Waals surface area contributed by atoms with Gasteiger partial charge in [-0.25, -0.2) is 4.98 Å². The van der Waals surface area contributed by atoms with Crippen LogP contribution >= 0.6 is 0 Å². The zero-order valence-corrected chi connectivity index (χ0v) is 25.1. The Bertz CT molecular complexity index is 2210. The Kier molecular flexibility index (Phi) is 5.68. The molecule has 0 amide bonds. The summed E-state index contributed by atoms with van der Waals surface area (Å²) in [5.41, 5.74) is 14.5. The molecule has 0 unspecified atom stereocenters. The molecule has 0 atom stereocenters. The Labute approximate surface area is 258 Å². The molecule has 2 heteroatoms. The number of aromatic nitrogens is 2. The molecule has 1 saturated carbocycles. The Balaban J connectivity index is 1.12. The summed E-state index contributed by atoms with van der Waals surface area (Å²) >= 11 is 0. The summed E-state index contributed by atoms with van der Waals surface area (Å²) < 4.78 is 2.25. The van der Waals surface area contributed by atoms with Crippen molar-refractivity contribution in [3.63, 3.8) is 0 Å². The van der Waals surface area contributed by atoms with Crippen LogP contribution < -0.4 is 0 Å². The lowest BCUT2D eigenvalue weighted by Crippen LogP contribution is -2.28. The zero-order chi connectivity index (χ0) is 29.3. The van der Waals surface area contributed by atoms with Gasteiger partial charge in [-0.2, -0.15) is 0 Å². The van der Waals surface area contributed by atoms with Crippen molar-refractivity contribution < 1.29 is 0 Å². The van der Waals surface area contributed by atoms with Gasteiger partial charge in [0.1, 0.15) is 5.82 Å². The Morgan fingerprint density at radius 2 is 1.14 bits per heavy atom. The molecule has 1 aromatic heterocycles. The lowest BCUT2D eigenvalue weighted by Gasteiger charge is -2.36. The van der Waals surface area contributed by atoms with E-state index in [1.807, 2.05) is 0 Å². The van der Waals surface area contributed by atoms with Crippen LogP contribution in [-0.2, 0) is 5.41 Å². The highest BCUT2D eigenvalue weighted by molar-refractivity contribution is 5.90. The summed E-state index contributed by atoms with van der Waals surface area (Å²) in [5.74, 6) is 1.01. The van der Waals surface area contributed by atoms with E-state index in [0.29, 0.717) is 0 Å². The van der Waals surface area contributed by atoms with Crippen molar-refractivity contribution in [3.8, 4) is 39.1 Å². The van der Waals surface area contributed by atoms with Gasteiger partial charge in [-0.15, -0.1) is 0 Å². The highest BCUT2D eigenvalue weighted by Crippen LogP contribution is 2.57. The first-order valence-electron chi connectivity index (χ1n) is 16.0. The minimum Gasteiger partial charge on any atom is -0.297 e. The van der Waals surface area contributed by atoms with Gasteiger partial charge >= 0.3 is 0 Å². The Morgan fingerprint density at radius 3 is 1.89 bits per heavy atom.